The number of aliphatic hydroxyl groups excluding tert-OH is 1. The van der Waals surface area contributed by atoms with E-state index in [2.05, 4.69) is 41.8 Å². The molecule has 270 valence electrons. The lowest BCUT2D eigenvalue weighted by Crippen LogP contribution is -2.65. The smallest absolute Gasteiger partial charge is 0.211 e. The minimum absolute atomic E-state index is 0.0448. The van der Waals surface area contributed by atoms with Crippen LogP contribution in [0.3, 0.4) is 0 Å². The highest BCUT2D eigenvalue weighted by Gasteiger charge is 2.48. The molecule has 3 aromatic carbocycles. The monoisotopic (exact) mass is 686 g/mol. The molecule has 4 aliphatic rings. The van der Waals surface area contributed by atoms with E-state index in [0.717, 1.165) is 60.1 Å². The van der Waals surface area contributed by atoms with Crippen LogP contribution in [0.2, 0.25) is 0 Å². The summed E-state index contributed by atoms with van der Waals surface area (Å²) >= 11 is 0. The van der Waals surface area contributed by atoms with Crippen molar-refractivity contribution in [3.8, 4) is 11.5 Å². The number of carbonyl (C=O) groups excluding carboxylic acids is 1. The number of ether oxygens (including phenoxy) is 2. The van der Waals surface area contributed by atoms with Gasteiger partial charge in [-0.1, -0.05) is 68.3 Å². The minimum Gasteiger partial charge on any atom is -0.506 e. The van der Waals surface area contributed by atoms with Gasteiger partial charge in [-0.25, -0.2) is 0 Å². The van der Waals surface area contributed by atoms with Crippen molar-refractivity contribution in [2.75, 3.05) is 51.3 Å². The molecule has 3 aromatic rings. The van der Waals surface area contributed by atoms with Gasteiger partial charge in [0, 0.05) is 37.8 Å². The Morgan fingerprint density at radius 3 is 2.40 bits per heavy atom. The van der Waals surface area contributed by atoms with Gasteiger partial charge in [0.25, 0.3) is 0 Å². The molecule has 50 heavy (non-hydrogen) atoms. The fourth-order valence-electron chi connectivity index (χ4n) is 8.72. The van der Waals surface area contributed by atoms with E-state index in [1.807, 2.05) is 30.3 Å². The maximum Gasteiger partial charge on any atom is 0.211 e. The standard InChI is InChI=1S/C41H55N3O6/c1-2-36(42-26-39(47)32-15-18-38(46)37(25-32)43-29-45)30-13-16-35(17-14-30)49-24-8-21-44-22-19-31(20-23-44)40(27-44)50-28-41(48,34-11-6-7-12-34)33-9-4-3-5-10-33/h3-5,9-10,13-18,25,29,31,34,36,39-40,42,47-48H,2,6-8,11-12,19-24,26-28H2,1H3,(H-,43,45,46)/p+1/t31?,36-,39+,40+,41-,44?/m1/s1. The number of hydrogen-bond acceptors (Lipinski definition) is 7. The molecule has 0 spiro atoms. The number of nitrogens with one attached hydrogen (secondary N) is 2. The number of benzene rings is 3. The summed E-state index contributed by atoms with van der Waals surface area (Å²) in [6.07, 6.45) is 8.62. The number of carbonyl (C=O) groups is 1. The molecule has 0 unspecified atom stereocenters. The Kier molecular flexibility index (Phi) is 12.1. The molecular formula is C41H56N3O6+. The van der Waals surface area contributed by atoms with Gasteiger partial charge in [-0.2, -0.15) is 0 Å². The summed E-state index contributed by atoms with van der Waals surface area (Å²) < 4.78 is 14.0. The summed E-state index contributed by atoms with van der Waals surface area (Å²) in [5.74, 6) is 1.66. The van der Waals surface area contributed by atoms with Crippen molar-refractivity contribution in [3.05, 3.63) is 89.5 Å². The molecule has 3 saturated heterocycles. The van der Waals surface area contributed by atoms with Crippen molar-refractivity contribution in [2.45, 2.75) is 82.1 Å². The summed E-state index contributed by atoms with van der Waals surface area (Å²) in [5, 5.41) is 38.6. The molecule has 4 atom stereocenters. The number of hydrogen-bond donors (Lipinski definition) is 5. The Morgan fingerprint density at radius 1 is 0.980 bits per heavy atom. The summed E-state index contributed by atoms with van der Waals surface area (Å²) in [6, 6.07) is 23.2. The van der Waals surface area contributed by atoms with Crippen LogP contribution in [0, 0.1) is 11.8 Å². The molecule has 3 heterocycles. The van der Waals surface area contributed by atoms with Gasteiger partial charge in [0.2, 0.25) is 6.41 Å². The van der Waals surface area contributed by atoms with Crippen LogP contribution in [0.4, 0.5) is 5.69 Å². The van der Waals surface area contributed by atoms with Crippen LogP contribution in [0.15, 0.2) is 72.8 Å². The Morgan fingerprint density at radius 2 is 1.70 bits per heavy atom. The summed E-state index contributed by atoms with van der Waals surface area (Å²) in [4.78, 5) is 10.8. The number of fused-ring (bicyclic) bond motifs is 3. The Labute approximate surface area is 297 Å². The van der Waals surface area contributed by atoms with Crippen LogP contribution >= 0.6 is 0 Å². The Balaban J connectivity index is 0.963. The van der Waals surface area contributed by atoms with E-state index >= 15 is 0 Å². The molecule has 4 fully saturated rings. The number of phenols is 1. The van der Waals surface area contributed by atoms with Crippen LogP contribution in [-0.4, -0.2) is 78.3 Å². The quantitative estimate of drug-likeness (QED) is 0.0468. The van der Waals surface area contributed by atoms with Gasteiger partial charge in [0.15, 0.2) is 0 Å². The molecule has 2 bridgehead atoms. The predicted molar refractivity (Wildman–Crippen MR) is 195 cm³/mol. The predicted octanol–water partition coefficient (Wildman–Crippen LogP) is 6.21. The largest absolute Gasteiger partial charge is 0.506 e. The van der Waals surface area contributed by atoms with E-state index in [0.29, 0.717) is 37.6 Å². The van der Waals surface area contributed by atoms with Crippen LogP contribution in [-0.2, 0) is 15.1 Å². The lowest BCUT2D eigenvalue weighted by Gasteiger charge is -2.53. The van der Waals surface area contributed by atoms with Gasteiger partial charge in [-0.15, -0.1) is 0 Å². The van der Waals surface area contributed by atoms with E-state index < -0.39 is 11.7 Å². The van der Waals surface area contributed by atoms with Crippen LogP contribution in [0.1, 0.15) is 87.1 Å². The summed E-state index contributed by atoms with van der Waals surface area (Å²) in [6.45, 7) is 7.99. The highest BCUT2D eigenvalue weighted by molar-refractivity contribution is 5.75. The van der Waals surface area contributed by atoms with Crippen molar-refractivity contribution in [2.24, 2.45) is 11.8 Å². The molecular weight excluding hydrogens is 630 g/mol. The molecule has 3 aliphatic heterocycles. The molecule has 7 rings (SSSR count). The van der Waals surface area contributed by atoms with Gasteiger partial charge in [-0.3, -0.25) is 4.79 Å². The second-order valence-electron chi connectivity index (χ2n) is 14.8. The first-order chi connectivity index (χ1) is 24.3. The van der Waals surface area contributed by atoms with Crippen molar-refractivity contribution < 1.29 is 34.1 Å². The van der Waals surface area contributed by atoms with Gasteiger partial charge < -0.3 is 39.9 Å². The number of piperidine rings is 3. The number of quaternary nitrogens is 1. The molecule has 0 aromatic heterocycles. The normalized spacial score (nSPS) is 24.4. The number of phenolic OH excluding ortho intramolecular Hbond substituents is 1. The number of amides is 1. The first-order valence-corrected chi connectivity index (χ1v) is 18.7. The van der Waals surface area contributed by atoms with E-state index in [1.54, 1.807) is 12.1 Å². The number of nitrogens with zero attached hydrogens (tertiary/aromatic N) is 1. The average Bonchev–Trinajstić information content (AvgIpc) is 3.71. The topological polar surface area (TPSA) is 120 Å². The van der Waals surface area contributed by atoms with E-state index in [1.165, 1.54) is 44.8 Å². The van der Waals surface area contributed by atoms with E-state index in [4.69, 9.17) is 9.47 Å². The molecule has 9 nitrogen and oxygen atoms in total. The third-order valence-corrected chi connectivity index (χ3v) is 11.8. The fraction of sp³-hybridized carbons (Fsp3) is 0.537. The first-order valence-electron chi connectivity index (χ1n) is 18.7. The Hall–Kier alpha value is -3.47. The first kappa shape index (κ1) is 36.3. The molecule has 5 N–H and O–H groups in total. The zero-order valence-corrected chi connectivity index (χ0v) is 29.5. The second-order valence-corrected chi connectivity index (χ2v) is 14.8. The van der Waals surface area contributed by atoms with Gasteiger partial charge in [0.1, 0.15) is 29.7 Å². The van der Waals surface area contributed by atoms with E-state index in [9.17, 15) is 20.1 Å². The van der Waals surface area contributed by atoms with Gasteiger partial charge >= 0.3 is 0 Å². The lowest BCUT2D eigenvalue weighted by molar-refractivity contribution is -0.946. The van der Waals surface area contributed by atoms with Crippen LogP contribution < -0.4 is 15.4 Å². The maximum absolute atomic E-state index is 12.0. The molecule has 1 aliphatic carbocycles. The second kappa shape index (κ2) is 16.7. The molecule has 0 radical (unpaired) electrons. The van der Waals surface area contributed by atoms with Crippen molar-refractivity contribution in [3.63, 3.8) is 0 Å². The number of aliphatic hydroxyl groups is 2. The Bertz CT molecular complexity index is 1510. The molecule has 1 saturated carbocycles. The number of rotatable bonds is 18. The third-order valence-electron chi connectivity index (χ3n) is 11.8. The summed E-state index contributed by atoms with van der Waals surface area (Å²) in [5.41, 5.74) is 2.08. The summed E-state index contributed by atoms with van der Waals surface area (Å²) in [7, 11) is 0. The lowest BCUT2D eigenvalue weighted by atomic mass is 9.80. The van der Waals surface area contributed by atoms with Gasteiger partial charge in [0.05, 0.1) is 44.6 Å². The SMILES string of the molecule is CC[C@@H](NC[C@H](O)c1ccc(O)c(NC=O)c1)c1ccc(OCCC[N+]23CCC(CC2)[C@@H](OC[C@@](O)(c2ccccc2)C2CCCC2)C3)cc1. The third kappa shape index (κ3) is 8.52. The van der Waals surface area contributed by atoms with E-state index in [-0.39, 0.29) is 29.5 Å². The fourth-order valence-corrected chi connectivity index (χ4v) is 8.72. The van der Waals surface area contributed by atoms with Crippen LogP contribution in [0.5, 0.6) is 11.5 Å². The van der Waals surface area contributed by atoms with Crippen molar-refractivity contribution in [1.82, 2.24) is 5.32 Å². The van der Waals surface area contributed by atoms with Crippen LogP contribution in [0.25, 0.3) is 0 Å². The molecule has 1 amide bonds. The minimum atomic E-state index is -0.916. The highest BCUT2D eigenvalue weighted by atomic mass is 16.5. The average molecular weight is 687 g/mol. The van der Waals surface area contributed by atoms with Gasteiger partial charge in [-0.05, 0) is 66.1 Å². The van der Waals surface area contributed by atoms with Crippen molar-refractivity contribution in [1.29, 1.82) is 0 Å². The zero-order chi connectivity index (χ0) is 35.0. The highest BCUT2D eigenvalue weighted by Crippen LogP contribution is 2.43. The zero-order valence-electron chi connectivity index (χ0n) is 29.5. The number of anilines is 1. The van der Waals surface area contributed by atoms with Crippen molar-refractivity contribution >= 4 is 12.1 Å². The maximum atomic E-state index is 12.0. The molecule has 9 heteroatoms. The number of aromatic hydroxyl groups is 1.